The average Bonchev–Trinajstić information content (AvgIpc) is 2.67. The molecule has 0 atom stereocenters. The molecule has 0 saturated heterocycles. The van der Waals surface area contributed by atoms with Crippen LogP contribution in [-0.4, -0.2) is 16.3 Å². The van der Waals surface area contributed by atoms with Crippen molar-refractivity contribution in [2.24, 2.45) is 0 Å². The van der Waals surface area contributed by atoms with E-state index in [0.29, 0.717) is 10.7 Å². The first-order chi connectivity index (χ1) is 6.81. The normalized spacial score (nSPS) is 10.1. The van der Waals surface area contributed by atoms with E-state index in [9.17, 15) is 4.79 Å². The average molecular weight is 207 g/mol. The van der Waals surface area contributed by atoms with E-state index in [-0.39, 0.29) is 0 Å². The van der Waals surface area contributed by atoms with Crippen molar-refractivity contribution in [2.75, 3.05) is 0 Å². The van der Waals surface area contributed by atoms with Crippen LogP contribution in [0, 0.1) is 0 Å². The Kier molecular flexibility index (Phi) is 2.33. The van der Waals surface area contributed by atoms with E-state index in [0.717, 1.165) is 17.5 Å². The molecule has 2 rings (SSSR count). The van der Waals surface area contributed by atoms with E-state index in [2.05, 4.69) is 9.97 Å². The fourth-order valence-electron chi connectivity index (χ4n) is 1.23. The van der Waals surface area contributed by atoms with Gasteiger partial charge in [-0.15, -0.1) is 0 Å². The molecule has 0 aliphatic rings. The van der Waals surface area contributed by atoms with Crippen molar-refractivity contribution in [3.05, 3.63) is 41.3 Å². The van der Waals surface area contributed by atoms with Gasteiger partial charge in [0.15, 0.2) is 6.29 Å². The minimum absolute atomic E-state index is 0.535. The summed E-state index contributed by atoms with van der Waals surface area (Å²) in [5, 5.41) is 0.562. The number of carbonyl (C=O) groups excluding carboxylic acids is 1. The van der Waals surface area contributed by atoms with Crippen LogP contribution in [0.5, 0.6) is 0 Å². The van der Waals surface area contributed by atoms with E-state index < -0.39 is 0 Å². The monoisotopic (exact) mass is 206 g/mol. The minimum atomic E-state index is 0.535. The van der Waals surface area contributed by atoms with Gasteiger partial charge in [-0.2, -0.15) is 0 Å². The molecule has 0 aromatic carbocycles. The number of hydrogen-bond acceptors (Lipinski definition) is 2. The highest BCUT2D eigenvalue weighted by atomic mass is 35.5. The Morgan fingerprint density at radius 1 is 1.36 bits per heavy atom. The van der Waals surface area contributed by atoms with Crippen LogP contribution in [0.1, 0.15) is 10.5 Å². The molecular weight excluding hydrogens is 200 g/mol. The zero-order valence-electron chi connectivity index (χ0n) is 7.20. The topological polar surface area (TPSA) is 45.8 Å². The maximum absolute atomic E-state index is 10.5. The number of aldehydes is 1. The second kappa shape index (κ2) is 3.64. The number of aromatic amines is 1. The Morgan fingerprint density at radius 2 is 2.21 bits per heavy atom. The lowest BCUT2D eigenvalue weighted by molar-refractivity contribution is 0.111. The Labute approximate surface area is 85.7 Å². The third-order valence-corrected chi connectivity index (χ3v) is 2.20. The van der Waals surface area contributed by atoms with Crippen molar-refractivity contribution in [3.8, 4) is 11.3 Å². The fourth-order valence-corrected chi connectivity index (χ4v) is 1.45. The predicted molar refractivity (Wildman–Crippen MR) is 54.4 cm³/mol. The number of pyridine rings is 1. The van der Waals surface area contributed by atoms with E-state index in [1.165, 1.54) is 0 Å². The van der Waals surface area contributed by atoms with Crippen LogP contribution in [-0.2, 0) is 0 Å². The quantitative estimate of drug-likeness (QED) is 0.768. The zero-order valence-corrected chi connectivity index (χ0v) is 7.95. The van der Waals surface area contributed by atoms with Gasteiger partial charge in [-0.1, -0.05) is 11.6 Å². The van der Waals surface area contributed by atoms with Crippen LogP contribution in [0.2, 0.25) is 5.02 Å². The van der Waals surface area contributed by atoms with Crippen molar-refractivity contribution in [3.63, 3.8) is 0 Å². The molecule has 2 aromatic heterocycles. The van der Waals surface area contributed by atoms with Crippen molar-refractivity contribution in [1.82, 2.24) is 9.97 Å². The van der Waals surface area contributed by atoms with Crippen molar-refractivity contribution < 1.29 is 4.79 Å². The summed E-state index contributed by atoms with van der Waals surface area (Å²) in [6, 6.07) is 5.31. The van der Waals surface area contributed by atoms with E-state index in [1.807, 2.05) is 6.07 Å². The Hall–Kier alpha value is -1.61. The van der Waals surface area contributed by atoms with Crippen LogP contribution in [0.25, 0.3) is 11.3 Å². The van der Waals surface area contributed by atoms with Gasteiger partial charge in [0.2, 0.25) is 0 Å². The first-order valence-electron chi connectivity index (χ1n) is 4.05. The Morgan fingerprint density at radius 3 is 2.86 bits per heavy atom. The molecule has 70 valence electrons. The Balaban J connectivity index is 2.49. The number of aromatic nitrogens is 2. The van der Waals surface area contributed by atoms with Gasteiger partial charge in [0.05, 0.1) is 10.7 Å². The highest BCUT2D eigenvalue weighted by Crippen LogP contribution is 2.25. The number of carbonyl (C=O) groups is 1. The molecule has 0 unspecified atom stereocenters. The van der Waals surface area contributed by atoms with Gasteiger partial charge in [0.1, 0.15) is 0 Å². The van der Waals surface area contributed by atoms with Crippen LogP contribution in [0.3, 0.4) is 0 Å². The highest BCUT2D eigenvalue weighted by Gasteiger charge is 2.04. The minimum Gasteiger partial charge on any atom is -0.352 e. The van der Waals surface area contributed by atoms with Gasteiger partial charge in [-0.3, -0.25) is 9.78 Å². The lowest BCUT2D eigenvalue weighted by atomic mass is 10.2. The number of nitrogens with one attached hydrogen (secondary N) is 1. The number of hydrogen-bond donors (Lipinski definition) is 1. The molecular formula is C10H7ClN2O. The molecule has 0 radical (unpaired) electrons. The van der Waals surface area contributed by atoms with Crippen LogP contribution < -0.4 is 0 Å². The fraction of sp³-hybridized carbons (Fsp3) is 0. The van der Waals surface area contributed by atoms with Gasteiger partial charge in [0, 0.05) is 23.7 Å². The third kappa shape index (κ3) is 1.54. The molecule has 0 spiro atoms. The molecule has 0 fully saturated rings. The molecule has 0 amide bonds. The third-order valence-electron chi connectivity index (χ3n) is 1.90. The summed E-state index contributed by atoms with van der Waals surface area (Å²) in [5.74, 6) is 0. The van der Waals surface area contributed by atoms with Crippen LogP contribution >= 0.6 is 11.6 Å². The number of rotatable bonds is 2. The van der Waals surface area contributed by atoms with Gasteiger partial charge >= 0.3 is 0 Å². The van der Waals surface area contributed by atoms with Gasteiger partial charge in [-0.05, 0) is 18.2 Å². The first kappa shape index (κ1) is 8.97. The molecule has 0 aliphatic carbocycles. The lowest BCUT2D eigenvalue weighted by Gasteiger charge is -1.99. The van der Waals surface area contributed by atoms with Gasteiger partial charge < -0.3 is 4.98 Å². The maximum atomic E-state index is 10.5. The molecule has 1 N–H and O–H groups in total. The molecule has 2 aromatic rings. The van der Waals surface area contributed by atoms with Crippen molar-refractivity contribution in [2.45, 2.75) is 0 Å². The summed E-state index contributed by atoms with van der Waals surface area (Å²) in [6.07, 6.45) is 3.99. The lowest BCUT2D eigenvalue weighted by Crippen LogP contribution is -1.82. The summed E-state index contributed by atoms with van der Waals surface area (Å²) >= 11 is 5.94. The summed E-state index contributed by atoms with van der Waals surface area (Å²) in [4.78, 5) is 17.3. The number of halogens is 1. The molecule has 3 nitrogen and oxygen atoms in total. The van der Waals surface area contributed by atoms with Gasteiger partial charge in [0.25, 0.3) is 0 Å². The molecule has 4 heteroatoms. The van der Waals surface area contributed by atoms with E-state index in [4.69, 9.17) is 11.6 Å². The van der Waals surface area contributed by atoms with E-state index in [1.54, 1.807) is 24.5 Å². The summed E-state index contributed by atoms with van der Waals surface area (Å²) in [6.45, 7) is 0. The first-order valence-corrected chi connectivity index (χ1v) is 4.43. The second-order valence-electron chi connectivity index (χ2n) is 2.80. The second-order valence-corrected chi connectivity index (χ2v) is 3.21. The standard InChI is InChI=1S/C10H7ClN2O/c11-9-5-12-4-3-8(9)10-2-1-7(6-14)13-10/h1-6,13H. The summed E-state index contributed by atoms with van der Waals surface area (Å²) in [5.41, 5.74) is 2.20. The summed E-state index contributed by atoms with van der Waals surface area (Å²) in [7, 11) is 0. The SMILES string of the molecule is O=Cc1ccc(-c2ccncc2Cl)[nH]1. The zero-order chi connectivity index (χ0) is 9.97. The number of H-pyrrole nitrogens is 1. The van der Waals surface area contributed by atoms with Gasteiger partial charge in [-0.25, -0.2) is 0 Å². The molecule has 0 bridgehead atoms. The number of nitrogens with zero attached hydrogens (tertiary/aromatic N) is 1. The summed E-state index contributed by atoms with van der Waals surface area (Å²) < 4.78 is 0. The molecule has 0 aliphatic heterocycles. The van der Waals surface area contributed by atoms with E-state index >= 15 is 0 Å². The predicted octanol–water partition coefficient (Wildman–Crippen LogP) is 2.54. The highest BCUT2D eigenvalue weighted by molar-refractivity contribution is 6.33. The van der Waals surface area contributed by atoms with Crippen LogP contribution in [0.4, 0.5) is 0 Å². The molecule has 0 saturated carbocycles. The smallest absolute Gasteiger partial charge is 0.166 e. The maximum Gasteiger partial charge on any atom is 0.166 e. The van der Waals surface area contributed by atoms with Crippen molar-refractivity contribution >= 4 is 17.9 Å². The van der Waals surface area contributed by atoms with Crippen LogP contribution in [0.15, 0.2) is 30.6 Å². The molecule has 2 heterocycles. The van der Waals surface area contributed by atoms with Crippen molar-refractivity contribution in [1.29, 1.82) is 0 Å². The Bertz CT molecular complexity index is 465. The molecule has 14 heavy (non-hydrogen) atoms. The largest absolute Gasteiger partial charge is 0.352 e.